The van der Waals surface area contributed by atoms with E-state index in [-0.39, 0.29) is 18.0 Å². The maximum atomic E-state index is 11.6. The van der Waals surface area contributed by atoms with E-state index in [1.165, 1.54) is 0 Å². The first-order valence-corrected chi connectivity index (χ1v) is 7.99. The van der Waals surface area contributed by atoms with E-state index in [9.17, 15) is 9.59 Å². The molecule has 0 aromatic heterocycles. The molecular weight excluding hydrogens is 256 g/mol. The van der Waals surface area contributed by atoms with Gasteiger partial charge in [-0.05, 0) is 25.7 Å². The lowest BCUT2D eigenvalue weighted by molar-refractivity contribution is -0.150. The van der Waals surface area contributed by atoms with Gasteiger partial charge in [-0.2, -0.15) is 0 Å². The molecule has 0 radical (unpaired) electrons. The summed E-state index contributed by atoms with van der Waals surface area (Å²) in [6.45, 7) is 6.68. The molecule has 0 aromatic carbocycles. The molecule has 0 saturated heterocycles. The van der Waals surface area contributed by atoms with Crippen LogP contribution in [0.1, 0.15) is 78.6 Å². The predicted molar refractivity (Wildman–Crippen MR) is 79.4 cm³/mol. The quantitative estimate of drug-likeness (QED) is 0.402. The lowest BCUT2D eigenvalue weighted by Gasteiger charge is -2.15. The van der Waals surface area contributed by atoms with Crippen molar-refractivity contribution in [1.82, 2.24) is 0 Å². The molecule has 1 unspecified atom stereocenters. The lowest BCUT2D eigenvalue weighted by Crippen LogP contribution is -2.17. The van der Waals surface area contributed by atoms with Crippen LogP contribution in [-0.2, 0) is 19.1 Å². The van der Waals surface area contributed by atoms with Gasteiger partial charge in [-0.15, -0.1) is 0 Å². The van der Waals surface area contributed by atoms with Crippen LogP contribution in [0.15, 0.2) is 0 Å². The summed E-state index contributed by atoms with van der Waals surface area (Å²) >= 11 is 0. The minimum atomic E-state index is -0.218. The molecular formula is C16H30O4. The van der Waals surface area contributed by atoms with Crippen LogP contribution in [-0.4, -0.2) is 24.6 Å². The molecule has 0 N–H and O–H groups in total. The molecule has 0 aliphatic rings. The Morgan fingerprint density at radius 1 is 0.900 bits per heavy atom. The Morgan fingerprint density at radius 3 is 2.15 bits per heavy atom. The number of carbonyl (C=O) groups excluding carboxylic acids is 2. The zero-order valence-electron chi connectivity index (χ0n) is 13.3. The van der Waals surface area contributed by atoms with Gasteiger partial charge in [0.2, 0.25) is 0 Å². The van der Waals surface area contributed by atoms with Gasteiger partial charge >= 0.3 is 11.9 Å². The number of esters is 2. The molecule has 20 heavy (non-hydrogen) atoms. The van der Waals surface area contributed by atoms with E-state index in [1.807, 2.05) is 13.8 Å². The Hall–Kier alpha value is -1.06. The molecule has 0 aliphatic heterocycles. The van der Waals surface area contributed by atoms with Crippen molar-refractivity contribution in [2.24, 2.45) is 0 Å². The Balaban J connectivity index is 3.68. The molecule has 0 spiro atoms. The summed E-state index contributed by atoms with van der Waals surface area (Å²) < 4.78 is 10.4. The zero-order valence-corrected chi connectivity index (χ0v) is 13.3. The number of ether oxygens (including phenoxy) is 2. The highest BCUT2D eigenvalue weighted by atomic mass is 16.5. The van der Waals surface area contributed by atoms with Gasteiger partial charge in [0.1, 0.15) is 6.10 Å². The third-order valence-corrected chi connectivity index (χ3v) is 3.16. The monoisotopic (exact) mass is 286 g/mol. The van der Waals surface area contributed by atoms with Gasteiger partial charge < -0.3 is 9.47 Å². The normalized spacial score (nSPS) is 11.9. The summed E-state index contributed by atoms with van der Waals surface area (Å²) in [5.41, 5.74) is 0. The average molecular weight is 286 g/mol. The second-order valence-electron chi connectivity index (χ2n) is 5.09. The second kappa shape index (κ2) is 12.9. The number of unbranched alkanes of at least 4 members (excludes halogenated alkanes) is 2. The molecule has 0 saturated carbocycles. The Labute approximate surface area is 123 Å². The Bertz CT molecular complexity index is 263. The number of carbonyl (C=O) groups is 2. The fourth-order valence-electron chi connectivity index (χ4n) is 1.80. The molecule has 0 heterocycles. The molecule has 0 bridgehead atoms. The molecule has 4 nitrogen and oxygen atoms in total. The van der Waals surface area contributed by atoms with Crippen LogP contribution in [0.3, 0.4) is 0 Å². The zero-order chi connectivity index (χ0) is 15.2. The van der Waals surface area contributed by atoms with E-state index in [0.29, 0.717) is 25.9 Å². The van der Waals surface area contributed by atoms with Gasteiger partial charge in [0.15, 0.2) is 0 Å². The van der Waals surface area contributed by atoms with Gasteiger partial charge in [0.05, 0.1) is 6.61 Å². The van der Waals surface area contributed by atoms with Crippen molar-refractivity contribution in [3.63, 3.8) is 0 Å². The summed E-state index contributed by atoms with van der Waals surface area (Å²) in [4.78, 5) is 23.0. The average Bonchev–Trinajstić information content (AvgIpc) is 2.43. The van der Waals surface area contributed by atoms with E-state index < -0.39 is 0 Å². The van der Waals surface area contributed by atoms with E-state index in [2.05, 4.69) is 6.92 Å². The molecule has 4 heteroatoms. The van der Waals surface area contributed by atoms with E-state index in [4.69, 9.17) is 9.47 Å². The summed E-state index contributed by atoms with van der Waals surface area (Å²) in [6.07, 6.45) is 7.00. The van der Waals surface area contributed by atoms with Crippen molar-refractivity contribution in [1.29, 1.82) is 0 Å². The fourth-order valence-corrected chi connectivity index (χ4v) is 1.80. The van der Waals surface area contributed by atoms with Gasteiger partial charge in [-0.1, -0.05) is 40.0 Å². The van der Waals surface area contributed by atoms with Crippen LogP contribution >= 0.6 is 0 Å². The Kier molecular flexibility index (Phi) is 12.3. The van der Waals surface area contributed by atoms with E-state index in [1.54, 1.807) is 0 Å². The molecule has 0 amide bonds. The first-order chi connectivity index (χ1) is 9.63. The molecule has 0 rings (SSSR count). The highest BCUT2D eigenvalue weighted by Crippen LogP contribution is 2.11. The number of hydrogen-bond donors (Lipinski definition) is 0. The van der Waals surface area contributed by atoms with E-state index in [0.717, 1.165) is 38.5 Å². The fraction of sp³-hybridized carbons (Fsp3) is 0.875. The Morgan fingerprint density at radius 2 is 1.55 bits per heavy atom. The van der Waals surface area contributed by atoms with Crippen LogP contribution in [0.4, 0.5) is 0 Å². The first-order valence-electron chi connectivity index (χ1n) is 7.99. The third-order valence-electron chi connectivity index (χ3n) is 3.16. The topological polar surface area (TPSA) is 52.6 Å². The maximum Gasteiger partial charge on any atom is 0.306 e. The van der Waals surface area contributed by atoms with Crippen LogP contribution in [0.5, 0.6) is 0 Å². The summed E-state index contributed by atoms with van der Waals surface area (Å²) in [5, 5.41) is 0. The van der Waals surface area contributed by atoms with Crippen LogP contribution in [0, 0.1) is 0 Å². The van der Waals surface area contributed by atoms with Crippen LogP contribution < -0.4 is 0 Å². The maximum absolute atomic E-state index is 11.6. The molecule has 118 valence electrons. The SMILES string of the molecule is CCCCOC(=O)CCCC(=O)OC(CC)CCCC. The summed E-state index contributed by atoms with van der Waals surface area (Å²) in [7, 11) is 0. The molecule has 0 fully saturated rings. The van der Waals surface area contributed by atoms with Crippen molar-refractivity contribution in [3.05, 3.63) is 0 Å². The smallest absolute Gasteiger partial charge is 0.306 e. The summed E-state index contributed by atoms with van der Waals surface area (Å²) in [5.74, 6) is -0.418. The number of hydrogen-bond acceptors (Lipinski definition) is 4. The van der Waals surface area contributed by atoms with Gasteiger partial charge in [0, 0.05) is 12.8 Å². The first kappa shape index (κ1) is 18.9. The molecule has 1 atom stereocenters. The molecule has 0 aliphatic carbocycles. The standard InChI is InChI=1S/C16H30O4/c1-4-7-10-14(6-3)20-16(18)12-9-11-15(17)19-13-8-5-2/h14H,4-13H2,1-3H3. The van der Waals surface area contributed by atoms with Crippen molar-refractivity contribution in [3.8, 4) is 0 Å². The van der Waals surface area contributed by atoms with Gasteiger partial charge in [0.25, 0.3) is 0 Å². The second-order valence-corrected chi connectivity index (χ2v) is 5.09. The number of rotatable bonds is 12. The highest BCUT2D eigenvalue weighted by Gasteiger charge is 2.12. The van der Waals surface area contributed by atoms with Crippen molar-refractivity contribution in [2.75, 3.05) is 6.61 Å². The summed E-state index contributed by atoms with van der Waals surface area (Å²) in [6, 6.07) is 0. The predicted octanol–water partition coefficient (Wildman–Crippen LogP) is 4.01. The van der Waals surface area contributed by atoms with Crippen LogP contribution in [0.2, 0.25) is 0 Å². The molecule has 0 aromatic rings. The van der Waals surface area contributed by atoms with Crippen molar-refractivity contribution in [2.45, 2.75) is 84.7 Å². The lowest BCUT2D eigenvalue weighted by atomic mass is 10.1. The van der Waals surface area contributed by atoms with E-state index >= 15 is 0 Å². The highest BCUT2D eigenvalue weighted by molar-refractivity contribution is 5.72. The van der Waals surface area contributed by atoms with Gasteiger partial charge in [-0.25, -0.2) is 0 Å². The van der Waals surface area contributed by atoms with Crippen molar-refractivity contribution >= 4 is 11.9 Å². The minimum Gasteiger partial charge on any atom is -0.466 e. The largest absolute Gasteiger partial charge is 0.466 e. The third kappa shape index (κ3) is 10.8. The minimum absolute atomic E-state index is 0.0268. The van der Waals surface area contributed by atoms with Crippen LogP contribution in [0.25, 0.3) is 0 Å². The van der Waals surface area contributed by atoms with Gasteiger partial charge in [-0.3, -0.25) is 9.59 Å². The van der Waals surface area contributed by atoms with Crippen molar-refractivity contribution < 1.29 is 19.1 Å².